The maximum Gasteiger partial charge on any atom is 0.0949 e. The van der Waals surface area contributed by atoms with Crippen LogP contribution in [0, 0.1) is 12.8 Å². The van der Waals surface area contributed by atoms with Gasteiger partial charge in [-0.05, 0) is 38.3 Å². The Bertz CT molecular complexity index is 371. The molecular weight excluding hydrogens is 234 g/mol. The first-order chi connectivity index (χ1) is 9.29. The first kappa shape index (κ1) is 14.5. The van der Waals surface area contributed by atoms with E-state index in [0.29, 0.717) is 0 Å². The maximum atomic E-state index is 6.20. The molecule has 2 heteroatoms. The number of aryl methyl sites for hydroxylation is 1. The Kier molecular flexibility index (Phi) is 5.87. The monoisotopic (exact) mass is 261 g/mol. The lowest BCUT2D eigenvalue weighted by Gasteiger charge is -2.25. The zero-order valence-electron chi connectivity index (χ0n) is 12.3. The van der Waals surface area contributed by atoms with Gasteiger partial charge in [0.15, 0.2) is 0 Å². The predicted octanol–water partition coefficient (Wildman–Crippen LogP) is 3.85. The summed E-state index contributed by atoms with van der Waals surface area (Å²) in [5, 5.41) is 3.25. The van der Waals surface area contributed by atoms with Gasteiger partial charge in [-0.25, -0.2) is 0 Å². The highest BCUT2D eigenvalue weighted by Gasteiger charge is 2.17. The summed E-state index contributed by atoms with van der Waals surface area (Å²) in [7, 11) is 1.99. The SMILES string of the molecule is CNCC(OCC1CCCCC1)c1cccc(C)c1. The van der Waals surface area contributed by atoms with Crippen molar-refractivity contribution in [2.45, 2.75) is 45.1 Å². The van der Waals surface area contributed by atoms with Crippen LogP contribution >= 0.6 is 0 Å². The Hall–Kier alpha value is -0.860. The number of ether oxygens (including phenoxy) is 1. The highest BCUT2D eigenvalue weighted by atomic mass is 16.5. The van der Waals surface area contributed by atoms with Crippen LogP contribution in [-0.4, -0.2) is 20.2 Å². The van der Waals surface area contributed by atoms with E-state index in [2.05, 4.69) is 36.5 Å². The van der Waals surface area contributed by atoms with Crippen LogP contribution in [0.15, 0.2) is 24.3 Å². The van der Waals surface area contributed by atoms with E-state index in [1.165, 1.54) is 43.2 Å². The molecule has 0 amide bonds. The molecular formula is C17H27NO. The molecule has 19 heavy (non-hydrogen) atoms. The van der Waals surface area contributed by atoms with Gasteiger partial charge in [-0.3, -0.25) is 0 Å². The largest absolute Gasteiger partial charge is 0.372 e. The molecule has 106 valence electrons. The summed E-state index contributed by atoms with van der Waals surface area (Å²) in [6.45, 7) is 3.94. The number of benzene rings is 1. The maximum absolute atomic E-state index is 6.20. The number of likely N-dealkylation sites (N-methyl/N-ethyl adjacent to an activating group) is 1. The standard InChI is InChI=1S/C17H27NO/c1-14-7-6-10-16(11-14)17(12-18-2)19-13-15-8-4-3-5-9-15/h6-7,10-11,15,17-18H,3-5,8-9,12-13H2,1-2H3. The van der Waals surface area contributed by atoms with Gasteiger partial charge in [0.05, 0.1) is 12.7 Å². The van der Waals surface area contributed by atoms with Gasteiger partial charge in [-0.1, -0.05) is 49.1 Å². The lowest BCUT2D eigenvalue weighted by molar-refractivity contribution is 0.0209. The lowest BCUT2D eigenvalue weighted by atomic mass is 9.90. The predicted molar refractivity (Wildman–Crippen MR) is 80.4 cm³/mol. The Morgan fingerprint density at radius 1 is 1.26 bits per heavy atom. The Morgan fingerprint density at radius 2 is 2.05 bits per heavy atom. The van der Waals surface area contributed by atoms with Crippen LogP contribution in [0.2, 0.25) is 0 Å². The van der Waals surface area contributed by atoms with Crippen LogP contribution < -0.4 is 5.32 Å². The molecule has 0 heterocycles. The van der Waals surface area contributed by atoms with Crippen molar-refractivity contribution in [2.24, 2.45) is 5.92 Å². The molecule has 1 N–H and O–H groups in total. The Labute approximate surface area is 117 Å². The lowest BCUT2D eigenvalue weighted by Crippen LogP contribution is -2.23. The molecule has 1 unspecified atom stereocenters. The molecule has 2 rings (SSSR count). The van der Waals surface area contributed by atoms with Crippen molar-refractivity contribution < 1.29 is 4.74 Å². The van der Waals surface area contributed by atoms with Crippen molar-refractivity contribution in [2.75, 3.05) is 20.2 Å². The zero-order valence-corrected chi connectivity index (χ0v) is 12.3. The van der Waals surface area contributed by atoms with E-state index in [-0.39, 0.29) is 6.10 Å². The fourth-order valence-electron chi connectivity index (χ4n) is 2.93. The van der Waals surface area contributed by atoms with E-state index in [1.807, 2.05) is 7.05 Å². The van der Waals surface area contributed by atoms with Crippen LogP contribution in [0.25, 0.3) is 0 Å². The fourth-order valence-corrected chi connectivity index (χ4v) is 2.93. The first-order valence-corrected chi connectivity index (χ1v) is 7.62. The molecule has 1 aliphatic carbocycles. The van der Waals surface area contributed by atoms with E-state index in [1.54, 1.807) is 0 Å². The second kappa shape index (κ2) is 7.66. The molecule has 0 saturated heterocycles. The van der Waals surface area contributed by atoms with Gasteiger partial charge in [0.2, 0.25) is 0 Å². The number of hydrogen-bond donors (Lipinski definition) is 1. The first-order valence-electron chi connectivity index (χ1n) is 7.62. The zero-order chi connectivity index (χ0) is 13.5. The minimum Gasteiger partial charge on any atom is -0.372 e. The summed E-state index contributed by atoms with van der Waals surface area (Å²) in [4.78, 5) is 0. The van der Waals surface area contributed by atoms with Gasteiger partial charge in [0, 0.05) is 6.54 Å². The summed E-state index contributed by atoms with van der Waals surface area (Å²) in [6, 6.07) is 8.68. The summed E-state index contributed by atoms with van der Waals surface area (Å²) in [6.07, 6.45) is 7.06. The van der Waals surface area contributed by atoms with Crippen molar-refractivity contribution in [3.05, 3.63) is 35.4 Å². The van der Waals surface area contributed by atoms with Gasteiger partial charge >= 0.3 is 0 Å². The van der Waals surface area contributed by atoms with Crippen molar-refractivity contribution in [3.63, 3.8) is 0 Å². The molecule has 0 spiro atoms. The molecule has 1 fully saturated rings. The fraction of sp³-hybridized carbons (Fsp3) is 0.647. The second-order valence-corrected chi connectivity index (χ2v) is 5.80. The van der Waals surface area contributed by atoms with Gasteiger partial charge in [-0.15, -0.1) is 0 Å². The van der Waals surface area contributed by atoms with Gasteiger partial charge in [0.1, 0.15) is 0 Å². The Balaban J connectivity index is 1.91. The average Bonchev–Trinajstić information content (AvgIpc) is 2.44. The van der Waals surface area contributed by atoms with Crippen LogP contribution in [-0.2, 0) is 4.74 Å². The smallest absolute Gasteiger partial charge is 0.0949 e. The second-order valence-electron chi connectivity index (χ2n) is 5.80. The quantitative estimate of drug-likeness (QED) is 0.839. The topological polar surface area (TPSA) is 21.3 Å². The van der Waals surface area contributed by atoms with E-state index < -0.39 is 0 Å². The molecule has 1 atom stereocenters. The third-order valence-electron chi connectivity index (χ3n) is 4.06. The molecule has 1 saturated carbocycles. The summed E-state index contributed by atoms with van der Waals surface area (Å²) in [5.74, 6) is 0.776. The van der Waals surface area contributed by atoms with Crippen LogP contribution in [0.1, 0.15) is 49.3 Å². The number of rotatable bonds is 6. The van der Waals surface area contributed by atoms with Crippen molar-refractivity contribution >= 4 is 0 Å². The van der Waals surface area contributed by atoms with Gasteiger partial charge < -0.3 is 10.1 Å². The van der Waals surface area contributed by atoms with Crippen molar-refractivity contribution in [3.8, 4) is 0 Å². The molecule has 0 aromatic heterocycles. The molecule has 1 aromatic rings. The third-order valence-corrected chi connectivity index (χ3v) is 4.06. The van der Waals surface area contributed by atoms with Crippen LogP contribution in [0.3, 0.4) is 0 Å². The van der Waals surface area contributed by atoms with E-state index in [4.69, 9.17) is 4.74 Å². The third kappa shape index (κ3) is 4.63. The molecule has 1 aliphatic rings. The van der Waals surface area contributed by atoms with E-state index in [0.717, 1.165) is 19.1 Å². The van der Waals surface area contributed by atoms with Crippen molar-refractivity contribution in [1.29, 1.82) is 0 Å². The molecule has 0 aliphatic heterocycles. The van der Waals surface area contributed by atoms with Crippen LogP contribution in [0.4, 0.5) is 0 Å². The molecule has 2 nitrogen and oxygen atoms in total. The minimum absolute atomic E-state index is 0.187. The normalized spacial score (nSPS) is 18.4. The van der Waals surface area contributed by atoms with Crippen LogP contribution in [0.5, 0.6) is 0 Å². The molecule has 0 bridgehead atoms. The molecule has 1 aromatic carbocycles. The van der Waals surface area contributed by atoms with E-state index in [9.17, 15) is 0 Å². The highest BCUT2D eigenvalue weighted by Crippen LogP contribution is 2.26. The number of nitrogens with one attached hydrogen (secondary N) is 1. The summed E-state index contributed by atoms with van der Waals surface area (Å²) < 4.78 is 6.20. The minimum atomic E-state index is 0.187. The molecule has 0 radical (unpaired) electrons. The van der Waals surface area contributed by atoms with Gasteiger partial charge in [0.25, 0.3) is 0 Å². The Morgan fingerprint density at radius 3 is 2.74 bits per heavy atom. The summed E-state index contributed by atoms with van der Waals surface area (Å²) in [5.41, 5.74) is 2.60. The average molecular weight is 261 g/mol. The summed E-state index contributed by atoms with van der Waals surface area (Å²) >= 11 is 0. The number of hydrogen-bond acceptors (Lipinski definition) is 2. The highest BCUT2D eigenvalue weighted by molar-refractivity contribution is 5.24. The van der Waals surface area contributed by atoms with Crippen molar-refractivity contribution in [1.82, 2.24) is 5.32 Å². The van der Waals surface area contributed by atoms with Gasteiger partial charge in [-0.2, -0.15) is 0 Å². The van der Waals surface area contributed by atoms with E-state index >= 15 is 0 Å².